The summed E-state index contributed by atoms with van der Waals surface area (Å²) < 4.78 is 15.9. The van der Waals surface area contributed by atoms with Gasteiger partial charge in [-0.2, -0.15) is 0 Å². The molecule has 0 aliphatic rings. The molecule has 0 saturated heterocycles. The van der Waals surface area contributed by atoms with Crippen molar-refractivity contribution in [2.24, 2.45) is 0 Å². The van der Waals surface area contributed by atoms with Crippen molar-refractivity contribution in [3.05, 3.63) is 41.2 Å². The lowest BCUT2D eigenvalue weighted by Crippen LogP contribution is -2.41. The maximum Gasteiger partial charge on any atom is 0.136 e. The minimum Gasteiger partial charge on any atom is -0.598 e. The lowest BCUT2D eigenvalue weighted by atomic mass is 10.1. The van der Waals surface area contributed by atoms with Crippen LogP contribution in [0.4, 0.5) is 0 Å². The standard InChI is InChI=1S/C13H19BrN2OS/c1-5-6-12(16-18(17)13(2,3)4)10-7-11(14)9-15-8-10/h5,7-9,12,16H,1,6H2,2-4H3/t12?,18-/m1/s1. The Bertz CT molecular complexity index is 406. The molecule has 0 aromatic carbocycles. The Morgan fingerprint density at radius 3 is 2.72 bits per heavy atom. The normalized spacial score (nSPS) is 15.2. The molecule has 1 aromatic heterocycles. The van der Waals surface area contributed by atoms with Crippen LogP contribution in [0.3, 0.4) is 0 Å². The van der Waals surface area contributed by atoms with Crippen molar-refractivity contribution in [3.63, 3.8) is 0 Å². The van der Waals surface area contributed by atoms with Crippen LogP contribution in [-0.4, -0.2) is 14.3 Å². The van der Waals surface area contributed by atoms with Gasteiger partial charge in [-0.1, -0.05) is 6.08 Å². The Morgan fingerprint density at radius 1 is 1.56 bits per heavy atom. The first-order valence-corrected chi connectivity index (χ1v) is 7.68. The van der Waals surface area contributed by atoms with Gasteiger partial charge in [0.25, 0.3) is 0 Å². The van der Waals surface area contributed by atoms with Gasteiger partial charge in [-0.3, -0.25) is 4.98 Å². The van der Waals surface area contributed by atoms with E-state index >= 15 is 0 Å². The van der Waals surface area contributed by atoms with Gasteiger partial charge in [-0.15, -0.1) is 11.3 Å². The van der Waals surface area contributed by atoms with E-state index in [-0.39, 0.29) is 10.8 Å². The summed E-state index contributed by atoms with van der Waals surface area (Å²) in [5, 5.41) is 0. The lowest BCUT2D eigenvalue weighted by molar-refractivity contribution is 0.524. The predicted molar refractivity (Wildman–Crippen MR) is 80.5 cm³/mol. The highest BCUT2D eigenvalue weighted by atomic mass is 79.9. The van der Waals surface area contributed by atoms with Gasteiger partial charge < -0.3 is 4.55 Å². The van der Waals surface area contributed by atoms with Crippen LogP contribution in [0.5, 0.6) is 0 Å². The van der Waals surface area contributed by atoms with E-state index < -0.39 is 11.4 Å². The predicted octanol–water partition coefficient (Wildman–Crippen LogP) is 3.51. The van der Waals surface area contributed by atoms with Gasteiger partial charge in [0.15, 0.2) is 0 Å². The molecule has 0 spiro atoms. The van der Waals surface area contributed by atoms with Crippen LogP contribution >= 0.6 is 15.9 Å². The third kappa shape index (κ3) is 4.72. The Morgan fingerprint density at radius 2 is 2.22 bits per heavy atom. The van der Waals surface area contributed by atoms with Crippen molar-refractivity contribution < 1.29 is 4.55 Å². The SMILES string of the molecule is C=CCC(N[S@+]([O-])C(C)(C)C)c1cncc(Br)c1. The molecule has 0 aliphatic heterocycles. The molecule has 0 fully saturated rings. The Labute approximate surface area is 121 Å². The summed E-state index contributed by atoms with van der Waals surface area (Å²) in [5.41, 5.74) is 1.00. The van der Waals surface area contributed by atoms with E-state index in [2.05, 4.69) is 32.2 Å². The zero-order valence-electron chi connectivity index (χ0n) is 10.9. The van der Waals surface area contributed by atoms with Crippen LogP contribution in [0.2, 0.25) is 0 Å². The van der Waals surface area contributed by atoms with Crippen molar-refractivity contribution in [1.29, 1.82) is 0 Å². The summed E-state index contributed by atoms with van der Waals surface area (Å²) >= 11 is 2.28. The lowest BCUT2D eigenvalue weighted by Gasteiger charge is -2.27. The van der Waals surface area contributed by atoms with Crippen LogP contribution in [0.25, 0.3) is 0 Å². The third-order valence-corrected chi connectivity index (χ3v) is 4.38. The number of halogens is 1. The number of aromatic nitrogens is 1. The van der Waals surface area contributed by atoms with Gasteiger partial charge in [-0.25, -0.2) is 0 Å². The number of hydrogen-bond donors (Lipinski definition) is 1. The van der Waals surface area contributed by atoms with Crippen molar-refractivity contribution in [3.8, 4) is 0 Å². The van der Waals surface area contributed by atoms with Gasteiger partial charge >= 0.3 is 0 Å². The number of nitrogens with zero attached hydrogens (tertiary/aromatic N) is 1. The molecule has 1 heterocycles. The van der Waals surface area contributed by atoms with Crippen LogP contribution in [0.15, 0.2) is 35.6 Å². The number of nitrogens with one attached hydrogen (secondary N) is 1. The van der Waals surface area contributed by atoms with E-state index in [1.807, 2.05) is 32.9 Å². The molecule has 1 aromatic rings. The second-order valence-corrected chi connectivity index (χ2v) is 7.93. The van der Waals surface area contributed by atoms with Crippen molar-refractivity contribution in [2.75, 3.05) is 0 Å². The summed E-state index contributed by atoms with van der Waals surface area (Å²) in [5.74, 6) is 0. The van der Waals surface area contributed by atoms with Crippen LogP contribution in [-0.2, 0) is 11.4 Å². The molecule has 0 saturated carbocycles. The summed E-state index contributed by atoms with van der Waals surface area (Å²) in [6, 6.07) is 1.95. The van der Waals surface area contributed by atoms with Crippen molar-refractivity contribution >= 4 is 27.3 Å². The van der Waals surface area contributed by atoms with Crippen LogP contribution < -0.4 is 4.72 Å². The average Bonchev–Trinajstić information content (AvgIpc) is 2.27. The van der Waals surface area contributed by atoms with Crippen LogP contribution in [0.1, 0.15) is 38.8 Å². The second kappa shape index (κ2) is 6.70. The highest BCUT2D eigenvalue weighted by Crippen LogP contribution is 2.24. The fourth-order valence-corrected chi connectivity index (χ4v) is 2.57. The summed E-state index contributed by atoms with van der Waals surface area (Å²) in [4.78, 5) is 4.14. The van der Waals surface area contributed by atoms with Gasteiger partial charge in [0.2, 0.25) is 0 Å². The second-order valence-electron chi connectivity index (χ2n) is 5.01. The summed E-state index contributed by atoms with van der Waals surface area (Å²) in [7, 11) is 0. The zero-order valence-corrected chi connectivity index (χ0v) is 13.3. The highest BCUT2D eigenvalue weighted by Gasteiger charge is 2.29. The Kier molecular flexibility index (Phi) is 5.85. The average molecular weight is 331 g/mol. The first kappa shape index (κ1) is 15.7. The fourth-order valence-electron chi connectivity index (χ4n) is 1.34. The largest absolute Gasteiger partial charge is 0.598 e. The fraction of sp³-hybridized carbons (Fsp3) is 0.462. The van der Waals surface area contributed by atoms with E-state index in [9.17, 15) is 4.55 Å². The molecule has 1 rings (SSSR count). The van der Waals surface area contributed by atoms with Gasteiger partial charge in [-0.05, 0) is 54.8 Å². The van der Waals surface area contributed by atoms with Crippen molar-refractivity contribution in [2.45, 2.75) is 38.0 Å². The van der Waals surface area contributed by atoms with Gasteiger partial charge in [0, 0.05) is 28.2 Å². The minimum absolute atomic E-state index is 0.0347. The highest BCUT2D eigenvalue weighted by molar-refractivity contribution is 9.10. The molecule has 0 aliphatic carbocycles. The third-order valence-electron chi connectivity index (χ3n) is 2.34. The summed E-state index contributed by atoms with van der Waals surface area (Å²) in [6.07, 6.45) is 6.04. The molecule has 3 nitrogen and oxygen atoms in total. The molecule has 0 amide bonds. The number of rotatable bonds is 5. The smallest absolute Gasteiger partial charge is 0.136 e. The molecule has 0 radical (unpaired) electrons. The number of pyridine rings is 1. The first-order valence-electron chi connectivity index (χ1n) is 5.74. The molecular weight excluding hydrogens is 312 g/mol. The minimum atomic E-state index is -1.12. The number of hydrogen-bond acceptors (Lipinski definition) is 3. The molecule has 1 unspecified atom stereocenters. The van der Waals surface area contributed by atoms with E-state index in [4.69, 9.17) is 0 Å². The topological polar surface area (TPSA) is 48.0 Å². The van der Waals surface area contributed by atoms with E-state index in [0.717, 1.165) is 10.0 Å². The quantitative estimate of drug-likeness (QED) is 0.663. The van der Waals surface area contributed by atoms with E-state index in [1.165, 1.54) is 0 Å². The maximum atomic E-state index is 12.1. The maximum absolute atomic E-state index is 12.1. The van der Waals surface area contributed by atoms with Crippen LogP contribution in [0, 0.1) is 0 Å². The molecule has 18 heavy (non-hydrogen) atoms. The Balaban J connectivity index is 2.86. The van der Waals surface area contributed by atoms with E-state index in [1.54, 1.807) is 12.4 Å². The molecule has 0 bridgehead atoms. The first-order chi connectivity index (χ1) is 8.34. The molecule has 2 atom stereocenters. The molecule has 5 heteroatoms. The van der Waals surface area contributed by atoms with Gasteiger partial charge in [0.05, 0.1) is 6.04 Å². The molecule has 100 valence electrons. The summed E-state index contributed by atoms with van der Waals surface area (Å²) in [6.45, 7) is 9.58. The van der Waals surface area contributed by atoms with E-state index in [0.29, 0.717) is 6.42 Å². The monoisotopic (exact) mass is 330 g/mol. The Hall–Kier alpha value is -0.360. The van der Waals surface area contributed by atoms with Crippen molar-refractivity contribution in [1.82, 2.24) is 9.71 Å². The molecular formula is C13H19BrN2OS. The zero-order chi connectivity index (χ0) is 13.8. The van der Waals surface area contributed by atoms with Gasteiger partial charge in [0.1, 0.15) is 4.75 Å². The molecule has 1 N–H and O–H groups in total.